The number of rotatable bonds is 10. The van der Waals surface area contributed by atoms with Gasteiger partial charge in [0.1, 0.15) is 15.3 Å². The van der Waals surface area contributed by atoms with E-state index in [1.54, 1.807) is 0 Å². The molecule has 30 heavy (non-hydrogen) atoms. The number of nitrogens with one attached hydrogen (secondary N) is 2. The number of methoxy groups -OCH3 is 1. The van der Waals surface area contributed by atoms with Crippen LogP contribution in [0, 0.1) is 5.82 Å². The quantitative estimate of drug-likeness (QED) is 0.430. The SMILES string of the molecule is COc1cc(S(=O)(=O)N[C@H](CCC(C)(F)F)CNc2ccc(F)cc2)c(Br)nc1Cl. The molecule has 0 saturated heterocycles. The van der Waals surface area contributed by atoms with E-state index in [1.807, 2.05) is 0 Å². The number of alkyl halides is 2. The highest BCUT2D eigenvalue weighted by Crippen LogP contribution is 2.31. The van der Waals surface area contributed by atoms with Crippen LogP contribution in [0.2, 0.25) is 5.15 Å². The summed E-state index contributed by atoms with van der Waals surface area (Å²) in [5.41, 5.74) is 0.514. The van der Waals surface area contributed by atoms with Gasteiger partial charge in [-0.25, -0.2) is 31.3 Å². The highest BCUT2D eigenvalue weighted by atomic mass is 79.9. The van der Waals surface area contributed by atoms with Crippen LogP contribution in [-0.4, -0.2) is 39.0 Å². The Bertz CT molecular complexity index is 973. The Balaban J connectivity index is 2.23. The van der Waals surface area contributed by atoms with Crippen molar-refractivity contribution in [1.29, 1.82) is 0 Å². The molecular formula is C18H20BrClF3N3O3S. The van der Waals surface area contributed by atoms with Gasteiger partial charge in [-0.2, -0.15) is 0 Å². The number of pyridine rings is 1. The first-order valence-corrected chi connectivity index (χ1v) is 11.4. The van der Waals surface area contributed by atoms with Gasteiger partial charge in [0.05, 0.1) is 7.11 Å². The molecule has 0 fully saturated rings. The average Bonchev–Trinajstić information content (AvgIpc) is 2.64. The van der Waals surface area contributed by atoms with Crippen molar-refractivity contribution in [2.75, 3.05) is 19.0 Å². The molecule has 0 aliphatic rings. The number of anilines is 1. The number of hydrogen-bond donors (Lipinski definition) is 2. The molecule has 2 aromatic rings. The Morgan fingerprint density at radius 1 is 1.30 bits per heavy atom. The van der Waals surface area contributed by atoms with Crippen LogP contribution in [-0.2, 0) is 10.0 Å². The van der Waals surface area contributed by atoms with Crippen LogP contribution in [0.5, 0.6) is 5.75 Å². The third-order valence-electron chi connectivity index (χ3n) is 4.02. The molecule has 6 nitrogen and oxygen atoms in total. The molecule has 1 aromatic carbocycles. The minimum atomic E-state index is -4.16. The van der Waals surface area contributed by atoms with Crippen molar-refractivity contribution in [3.05, 3.63) is 45.9 Å². The van der Waals surface area contributed by atoms with Crippen molar-refractivity contribution in [3.8, 4) is 5.75 Å². The Morgan fingerprint density at radius 3 is 2.50 bits per heavy atom. The Kier molecular flexibility index (Phi) is 8.37. The van der Waals surface area contributed by atoms with Gasteiger partial charge < -0.3 is 10.1 Å². The molecule has 1 aromatic heterocycles. The lowest BCUT2D eigenvalue weighted by Crippen LogP contribution is -2.40. The van der Waals surface area contributed by atoms with E-state index in [2.05, 4.69) is 31.0 Å². The van der Waals surface area contributed by atoms with Gasteiger partial charge >= 0.3 is 0 Å². The molecule has 0 spiro atoms. The van der Waals surface area contributed by atoms with E-state index in [4.69, 9.17) is 16.3 Å². The highest BCUT2D eigenvalue weighted by molar-refractivity contribution is 9.10. The van der Waals surface area contributed by atoms with E-state index >= 15 is 0 Å². The third-order valence-corrected chi connectivity index (χ3v) is 6.70. The van der Waals surface area contributed by atoms with E-state index in [0.717, 1.165) is 6.92 Å². The predicted molar refractivity (Wildman–Crippen MR) is 112 cm³/mol. The monoisotopic (exact) mass is 529 g/mol. The van der Waals surface area contributed by atoms with Gasteiger partial charge in [0.2, 0.25) is 15.9 Å². The summed E-state index contributed by atoms with van der Waals surface area (Å²) in [6, 6.07) is 5.66. The van der Waals surface area contributed by atoms with E-state index in [1.165, 1.54) is 37.4 Å². The van der Waals surface area contributed by atoms with E-state index < -0.39 is 34.2 Å². The molecule has 12 heteroatoms. The fraction of sp³-hybridized carbons (Fsp3) is 0.389. The lowest BCUT2D eigenvalue weighted by molar-refractivity contribution is 0.00914. The number of halogens is 5. The number of nitrogens with zero attached hydrogens (tertiary/aromatic N) is 1. The minimum absolute atomic E-state index is 0.00326. The predicted octanol–water partition coefficient (Wildman–Crippen LogP) is 4.84. The summed E-state index contributed by atoms with van der Waals surface area (Å²) in [6.45, 7) is 0.757. The Morgan fingerprint density at radius 2 is 1.93 bits per heavy atom. The van der Waals surface area contributed by atoms with Gasteiger partial charge in [0.15, 0.2) is 10.9 Å². The van der Waals surface area contributed by atoms with Crippen molar-refractivity contribution in [3.63, 3.8) is 0 Å². The van der Waals surface area contributed by atoms with Crippen molar-refractivity contribution >= 4 is 43.2 Å². The second-order valence-corrected chi connectivity index (χ2v) is 9.38. The van der Waals surface area contributed by atoms with Gasteiger partial charge in [0.25, 0.3) is 0 Å². The van der Waals surface area contributed by atoms with Crippen LogP contribution in [0.3, 0.4) is 0 Å². The molecule has 1 atom stereocenters. The number of ether oxygens (including phenoxy) is 1. The smallest absolute Gasteiger partial charge is 0.245 e. The van der Waals surface area contributed by atoms with Gasteiger partial charge in [-0.1, -0.05) is 11.6 Å². The fourth-order valence-corrected chi connectivity index (χ4v) is 5.03. The molecule has 0 saturated carbocycles. The Labute approximate surface area is 186 Å². The van der Waals surface area contributed by atoms with Crippen LogP contribution in [0.25, 0.3) is 0 Å². The zero-order valence-corrected chi connectivity index (χ0v) is 19.2. The van der Waals surface area contributed by atoms with Gasteiger partial charge in [-0.05, 0) is 53.5 Å². The summed E-state index contributed by atoms with van der Waals surface area (Å²) in [4.78, 5) is 3.62. The van der Waals surface area contributed by atoms with Gasteiger partial charge in [-0.3, -0.25) is 0 Å². The molecule has 166 valence electrons. The highest BCUT2D eigenvalue weighted by Gasteiger charge is 2.28. The molecule has 2 rings (SSSR count). The summed E-state index contributed by atoms with van der Waals surface area (Å²) in [5.74, 6) is -3.36. The van der Waals surface area contributed by atoms with Crippen LogP contribution in [0.1, 0.15) is 19.8 Å². The summed E-state index contributed by atoms with van der Waals surface area (Å²) < 4.78 is 72.9. The maximum atomic E-state index is 13.4. The zero-order valence-electron chi connectivity index (χ0n) is 16.1. The number of benzene rings is 1. The molecule has 0 radical (unpaired) electrons. The standard InChI is InChI=1S/C18H20BrClF3N3O3S/c1-18(22,23)8-7-13(10-24-12-5-3-11(21)4-6-12)26-30(27,28)15-9-14(29-2)17(20)25-16(15)19/h3-6,9,13,24,26H,7-8,10H2,1-2H3/t13-/m1/s1. The van der Waals surface area contributed by atoms with E-state index in [0.29, 0.717) is 5.69 Å². The van der Waals surface area contributed by atoms with Crippen molar-refractivity contribution in [2.24, 2.45) is 0 Å². The largest absolute Gasteiger partial charge is 0.493 e. The minimum Gasteiger partial charge on any atom is -0.493 e. The van der Waals surface area contributed by atoms with Crippen molar-refractivity contribution in [1.82, 2.24) is 9.71 Å². The zero-order chi connectivity index (χ0) is 22.5. The summed E-state index contributed by atoms with van der Waals surface area (Å²) in [7, 11) is -2.86. The first-order chi connectivity index (χ1) is 13.9. The van der Waals surface area contributed by atoms with Crippen LogP contribution in [0.15, 0.2) is 39.8 Å². The number of sulfonamides is 1. The van der Waals surface area contributed by atoms with Crippen LogP contribution in [0.4, 0.5) is 18.9 Å². The third kappa shape index (κ3) is 7.29. The lowest BCUT2D eigenvalue weighted by Gasteiger charge is -2.22. The van der Waals surface area contributed by atoms with E-state index in [9.17, 15) is 21.6 Å². The maximum Gasteiger partial charge on any atom is 0.245 e. The first kappa shape index (κ1) is 24.7. The first-order valence-electron chi connectivity index (χ1n) is 8.71. The molecule has 0 bridgehead atoms. The molecule has 0 amide bonds. The van der Waals surface area contributed by atoms with Gasteiger partial charge in [0, 0.05) is 30.8 Å². The number of aromatic nitrogens is 1. The van der Waals surface area contributed by atoms with Crippen LogP contribution >= 0.6 is 27.5 Å². The normalized spacial score (nSPS) is 13.2. The molecule has 0 aliphatic carbocycles. The molecule has 0 aliphatic heterocycles. The molecular weight excluding hydrogens is 511 g/mol. The average molecular weight is 531 g/mol. The van der Waals surface area contributed by atoms with Crippen molar-refractivity contribution < 1.29 is 26.3 Å². The second kappa shape index (κ2) is 10.2. The lowest BCUT2D eigenvalue weighted by atomic mass is 10.1. The Hall–Kier alpha value is -1.56. The molecule has 2 N–H and O–H groups in total. The summed E-state index contributed by atoms with van der Waals surface area (Å²) >= 11 is 8.93. The van der Waals surface area contributed by atoms with Crippen molar-refractivity contribution in [2.45, 2.75) is 36.6 Å². The number of hydrogen-bond acceptors (Lipinski definition) is 5. The van der Waals surface area contributed by atoms with Crippen LogP contribution < -0.4 is 14.8 Å². The van der Waals surface area contributed by atoms with E-state index in [-0.39, 0.29) is 33.4 Å². The molecule has 0 unspecified atom stereocenters. The summed E-state index contributed by atoms with van der Waals surface area (Å²) in [6.07, 6.45) is -0.679. The van der Waals surface area contributed by atoms with Gasteiger partial charge in [-0.15, -0.1) is 0 Å². The topological polar surface area (TPSA) is 80.3 Å². The molecule has 1 heterocycles. The second-order valence-electron chi connectivity index (χ2n) is 6.59. The fourth-order valence-electron chi connectivity index (χ4n) is 2.49. The summed E-state index contributed by atoms with van der Waals surface area (Å²) in [5, 5.41) is 2.88. The maximum absolute atomic E-state index is 13.4.